The fraction of sp³-hybridized carbons (Fsp3) is 0.200. The van der Waals surface area contributed by atoms with Crippen molar-refractivity contribution in [3.05, 3.63) is 46.5 Å². The lowest BCUT2D eigenvalue weighted by Gasteiger charge is -2.03. The van der Waals surface area contributed by atoms with Gasteiger partial charge in [0.25, 0.3) is 0 Å². The number of aromatic nitrogens is 4. The normalized spacial score (nSPS) is 10.9. The second-order valence-corrected chi connectivity index (χ2v) is 5.53. The molecule has 0 saturated heterocycles. The Hall–Kier alpha value is -2.28. The molecule has 0 bridgehead atoms. The predicted molar refractivity (Wildman–Crippen MR) is 85.1 cm³/mol. The third-order valence-electron chi connectivity index (χ3n) is 3.07. The fourth-order valence-electron chi connectivity index (χ4n) is 2.13. The molecule has 0 aliphatic carbocycles. The third kappa shape index (κ3) is 2.59. The van der Waals surface area contributed by atoms with Crippen molar-refractivity contribution in [2.45, 2.75) is 13.8 Å². The van der Waals surface area contributed by atoms with Gasteiger partial charge in [0.15, 0.2) is 11.3 Å². The molecular formula is C15H13BrN4O2. The smallest absolute Gasteiger partial charge is 0.359 e. The third-order valence-corrected chi connectivity index (χ3v) is 3.56. The number of hydrogen-bond donors (Lipinski definition) is 0. The van der Waals surface area contributed by atoms with Crippen molar-refractivity contribution < 1.29 is 9.53 Å². The fourth-order valence-corrected chi connectivity index (χ4v) is 2.51. The van der Waals surface area contributed by atoms with Crippen LogP contribution in [0.25, 0.3) is 16.7 Å². The average molecular weight is 361 g/mol. The Labute approximate surface area is 135 Å². The van der Waals surface area contributed by atoms with Crippen molar-refractivity contribution in [1.82, 2.24) is 19.7 Å². The quantitative estimate of drug-likeness (QED) is 0.671. The molecule has 112 valence electrons. The number of ether oxygens (including phenoxy) is 1. The Kier molecular flexibility index (Phi) is 3.89. The summed E-state index contributed by atoms with van der Waals surface area (Å²) in [5, 5.41) is 4.95. The van der Waals surface area contributed by atoms with Crippen molar-refractivity contribution in [3.8, 4) is 5.69 Å². The number of hydrogen-bond acceptors (Lipinski definition) is 5. The molecular weight excluding hydrogens is 348 g/mol. The summed E-state index contributed by atoms with van der Waals surface area (Å²) >= 11 is 3.43. The summed E-state index contributed by atoms with van der Waals surface area (Å²) < 4.78 is 7.60. The molecule has 6 nitrogen and oxygen atoms in total. The van der Waals surface area contributed by atoms with Crippen LogP contribution in [0.15, 0.2) is 34.9 Å². The van der Waals surface area contributed by atoms with Crippen LogP contribution in [-0.4, -0.2) is 32.3 Å². The van der Waals surface area contributed by atoms with Gasteiger partial charge in [-0.25, -0.2) is 19.4 Å². The average Bonchev–Trinajstić information content (AvgIpc) is 2.86. The zero-order valence-electron chi connectivity index (χ0n) is 12.1. The van der Waals surface area contributed by atoms with Gasteiger partial charge < -0.3 is 4.74 Å². The molecule has 3 rings (SSSR count). The highest BCUT2D eigenvalue weighted by Gasteiger charge is 2.20. The van der Waals surface area contributed by atoms with E-state index in [1.54, 1.807) is 24.7 Å². The van der Waals surface area contributed by atoms with E-state index in [0.717, 1.165) is 10.2 Å². The first kappa shape index (κ1) is 14.6. The van der Waals surface area contributed by atoms with Crippen molar-refractivity contribution in [1.29, 1.82) is 0 Å². The first-order valence-electron chi connectivity index (χ1n) is 6.75. The van der Waals surface area contributed by atoms with Crippen LogP contribution in [-0.2, 0) is 4.74 Å². The standard InChI is InChI=1S/C15H13BrN4O2/c1-3-22-15(21)13-12-8-17-9(2)18-14(12)20(19-13)11-6-4-5-10(16)7-11/h4-8H,3H2,1-2H3. The minimum absolute atomic E-state index is 0.219. The lowest BCUT2D eigenvalue weighted by atomic mass is 10.3. The van der Waals surface area contributed by atoms with E-state index >= 15 is 0 Å². The number of carbonyl (C=O) groups is 1. The summed E-state index contributed by atoms with van der Waals surface area (Å²) in [5.41, 5.74) is 1.60. The minimum atomic E-state index is -0.478. The van der Waals surface area contributed by atoms with Crippen molar-refractivity contribution >= 4 is 32.9 Å². The minimum Gasteiger partial charge on any atom is -0.461 e. The first-order valence-corrected chi connectivity index (χ1v) is 7.55. The van der Waals surface area contributed by atoms with Gasteiger partial charge in [-0.2, -0.15) is 5.10 Å². The van der Waals surface area contributed by atoms with Gasteiger partial charge in [-0.1, -0.05) is 22.0 Å². The maximum atomic E-state index is 12.1. The monoisotopic (exact) mass is 360 g/mol. The number of halogens is 1. The van der Waals surface area contributed by atoms with Gasteiger partial charge in [0.2, 0.25) is 0 Å². The number of benzene rings is 1. The summed E-state index contributed by atoms with van der Waals surface area (Å²) in [5.74, 6) is 0.132. The summed E-state index contributed by atoms with van der Waals surface area (Å²) in [4.78, 5) is 20.7. The molecule has 0 unspecified atom stereocenters. The summed E-state index contributed by atoms with van der Waals surface area (Å²) in [6.07, 6.45) is 1.60. The van der Waals surface area contributed by atoms with E-state index in [9.17, 15) is 4.79 Å². The maximum absolute atomic E-state index is 12.1. The molecule has 0 spiro atoms. The molecule has 7 heteroatoms. The van der Waals surface area contributed by atoms with Crippen LogP contribution in [0.5, 0.6) is 0 Å². The van der Waals surface area contributed by atoms with E-state index in [4.69, 9.17) is 4.74 Å². The summed E-state index contributed by atoms with van der Waals surface area (Å²) in [7, 11) is 0. The van der Waals surface area contributed by atoms with E-state index in [-0.39, 0.29) is 12.3 Å². The molecule has 0 radical (unpaired) electrons. The number of fused-ring (bicyclic) bond motifs is 1. The molecule has 0 N–H and O–H groups in total. The van der Waals surface area contributed by atoms with Crippen LogP contribution in [0.3, 0.4) is 0 Å². The van der Waals surface area contributed by atoms with Crippen LogP contribution in [0.4, 0.5) is 0 Å². The van der Waals surface area contributed by atoms with E-state index in [2.05, 4.69) is 31.0 Å². The maximum Gasteiger partial charge on any atom is 0.359 e. The van der Waals surface area contributed by atoms with E-state index in [1.165, 1.54) is 0 Å². The molecule has 0 fully saturated rings. The highest BCUT2D eigenvalue weighted by Crippen LogP contribution is 2.22. The highest BCUT2D eigenvalue weighted by atomic mass is 79.9. The molecule has 1 aromatic carbocycles. The Balaban J connectivity index is 2.26. The van der Waals surface area contributed by atoms with Gasteiger partial charge in [-0.05, 0) is 32.0 Å². The van der Waals surface area contributed by atoms with Gasteiger partial charge in [0, 0.05) is 10.7 Å². The number of esters is 1. The van der Waals surface area contributed by atoms with E-state index < -0.39 is 5.97 Å². The molecule has 3 aromatic rings. The highest BCUT2D eigenvalue weighted by molar-refractivity contribution is 9.10. The molecule has 2 heterocycles. The van der Waals surface area contributed by atoms with E-state index in [1.807, 2.05) is 24.3 Å². The Bertz CT molecular complexity index is 860. The second kappa shape index (κ2) is 5.84. The molecule has 22 heavy (non-hydrogen) atoms. The van der Waals surface area contributed by atoms with E-state index in [0.29, 0.717) is 16.9 Å². The van der Waals surface area contributed by atoms with Crippen LogP contribution < -0.4 is 0 Å². The topological polar surface area (TPSA) is 69.9 Å². The van der Waals surface area contributed by atoms with Crippen LogP contribution in [0.1, 0.15) is 23.2 Å². The van der Waals surface area contributed by atoms with Gasteiger partial charge >= 0.3 is 5.97 Å². The molecule has 0 aliphatic heterocycles. The molecule has 0 saturated carbocycles. The molecule has 0 aliphatic rings. The van der Waals surface area contributed by atoms with Crippen molar-refractivity contribution in [2.75, 3.05) is 6.61 Å². The largest absolute Gasteiger partial charge is 0.461 e. The van der Waals surface area contributed by atoms with Gasteiger partial charge in [-0.3, -0.25) is 0 Å². The van der Waals surface area contributed by atoms with Gasteiger partial charge in [0.05, 0.1) is 17.7 Å². The second-order valence-electron chi connectivity index (χ2n) is 4.62. The Morgan fingerprint density at radius 1 is 1.41 bits per heavy atom. The SMILES string of the molecule is CCOC(=O)c1nn(-c2cccc(Br)c2)c2nc(C)ncc12. The van der Waals surface area contributed by atoms with Crippen LogP contribution in [0.2, 0.25) is 0 Å². The van der Waals surface area contributed by atoms with Crippen LogP contribution in [0, 0.1) is 6.92 Å². The molecule has 0 amide bonds. The van der Waals surface area contributed by atoms with Crippen molar-refractivity contribution in [2.24, 2.45) is 0 Å². The zero-order valence-corrected chi connectivity index (χ0v) is 13.7. The number of rotatable bonds is 3. The zero-order chi connectivity index (χ0) is 15.7. The van der Waals surface area contributed by atoms with Gasteiger partial charge in [-0.15, -0.1) is 0 Å². The first-order chi connectivity index (χ1) is 10.6. The molecule has 0 atom stereocenters. The number of carbonyl (C=O) groups excluding carboxylic acids is 1. The predicted octanol–water partition coefficient (Wildman–Crippen LogP) is 3.06. The Morgan fingerprint density at radius 2 is 2.23 bits per heavy atom. The van der Waals surface area contributed by atoms with Crippen molar-refractivity contribution in [3.63, 3.8) is 0 Å². The lowest BCUT2D eigenvalue weighted by Crippen LogP contribution is -2.07. The van der Waals surface area contributed by atoms with Crippen LogP contribution >= 0.6 is 15.9 Å². The summed E-state index contributed by atoms with van der Waals surface area (Å²) in [6.45, 7) is 3.84. The Morgan fingerprint density at radius 3 is 2.95 bits per heavy atom. The number of aryl methyl sites for hydroxylation is 1. The summed E-state index contributed by atoms with van der Waals surface area (Å²) in [6, 6.07) is 7.61. The lowest BCUT2D eigenvalue weighted by molar-refractivity contribution is 0.0521. The molecule has 2 aromatic heterocycles. The number of nitrogens with zero attached hydrogens (tertiary/aromatic N) is 4. The van der Waals surface area contributed by atoms with Gasteiger partial charge in [0.1, 0.15) is 5.82 Å².